The van der Waals surface area contributed by atoms with Crippen molar-refractivity contribution in [1.82, 2.24) is 9.97 Å². The van der Waals surface area contributed by atoms with Crippen LogP contribution in [0.3, 0.4) is 0 Å². The number of nitrogens with zero attached hydrogens (tertiary/aromatic N) is 2. The van der Waals surface area contributed by atoms with Gasteiger partial charge in [0.25, 0.3) is 0 Å². The van der Waals surface area contributed by atoms with Crippen molar-refractivity contribution < 1.29 is 4.74 Å². The molecular weight excluding hydrogens is 340 g/mol. The topological polar surface area (TPSA) is 35.0 Å². The van der Waals surface area contributed by atoms with Crippen molar-refractivity contribution in [2.24, 2.45) is 0 Å². The van der Waals surface area contributed by atoms with Gasteiger partial charge in [-0.1, -0.05) is 25.4 Å². The molecule has 0 aliphatic rings. The van der Waals surface area contributed by atoms with Gasteiger partial charge in [-0.3, -0.25) is 0 Å². The normalized spacial score (nSPS) is 10.6. The Bertz CT molecular complexity index is 604. The molecule has 0 fully saturated rings. The molecule has 20 heavy (non-hydrogen) atoms. The molecule has 0 amide bonds. The molecule has 0 radical (unpaired) electrons. The number of aryl methyl sites for hydroxylation is 2. The van der Waals surface area contributed by atoms with Crippen LogP contribution in [0.25, 0.3) is 0 Å². The maximum atomic E-state index is 6.10. The molecular formula is C15H16BrClN2O. The highest BCUT2D eigenvalue weighted by Crippen LogP contribution is 2.27. The molecule has 0 atom stereocenters. The molecule has 0 unspecified atom stereocenters. The van der Waals surface area contributed by atoms with Crippen LogP contribution in [0.1, 0.15) is 31.7 Å². The van der Waals surface area contributed by atoms with Crippen LogP contribution in [0.5, 0.6) is 11.6 Å². The first-order valence-electron chi connectivity index (χ1n) is 6.62. The van der Waals surface area contributed by atoms with Crippen molar-refractivity contribution in [2.75, 3.05) is 0 Å². The SMILES string of the molecule is CCCc1nc(Br)cc(Oc2ccc(Cl)c(CC)c2)n1. The fourth-order valence-electron chi connectivity index (χ4n) is 1.84. The quantitative estimate of drug-likeness (QED) is 0.691. The molecule has 1 aromatic carbocycles. The zero-order valence-corrected chi connectivity index (χ0v) is 13.8. The van der Waals surface area contributed by atoms with Gasteiger partial charge >= 0.3 is 0 Å². The first-order valence-corrected chi connectivity index (χ1v) is 7.79. The van der Waals surface area contributed by atoms with E-state index < -0.39 is 0 Å². The Morgan fingerprint density at radius 1 is 1.20 bits per heavy atom. The van der Waals surface area contributed by atoms with Crippen molar-refractivity contribution in [2.45, 2.75) is 33.1 Å². The van der Waals surface area contributed by atoms with Gasteiger partial charge < -0.3 is 4.74 Å². The maximum Gasteiger partial charge on any atom is 0.223 e. The average molecular weight is 356 g/mol. The number of ether oxygens (including phenoxy) is 1. The average Bonchev–Trinajstić information content (AvgIpc) is 2.40. The third kappa shape index (κ3) is 3.93. The van der Waals surface area contributed by atoms with E-state index in [1.807, 2.05) is 18.2 Å². The predicted octanol–water partition coefficient (Wildman–Crippen LogP) is 5.20. The summed E-state index contributed by atoms with van der Waals surface area (Å²) in [6, 6.07) is 7.40. The molecule has 3 nitrogen and oxygen atoms in total. The Kier molecular flexibility index (Phi) is 5.38. The lowest BCUT2D eigenvalue weighted by atomic mass is 10.1. The molecule has 106 valence electrons. The molecule has 0 aliphatic carbocycles. The van der Waals surface area contributed by atoms with Crippen LogP contribution in [0.4, 0.5) is 0 Å². The fourth-order valence-corrected chi connectivity index (χ4v) is 2.49. The van der Waals surface area contributed by atoms with Crippen LogP contribution in [0.15, 0.2) is 28.9 Å². The van der Waals surface area contributed by atoms with Crippen molar-refractivity contribution in [3.05, 3.63) is 45.3 Å². The summed E-state index contributed by atoms with van der Waals surface area (Å²) in [5.74, 6) is 2.06. The first-order chi connectivity index (χ1) is 9.62. The summed E-state index contributed by atoms with van der Waals surface area (Å²) in [5.41, 5.74) is 1.06. The standard InChI is InChI=1S/C15H16BrClN2O/c1-3-5-14-18-13(16)9-15(19-14)20-11-6-7-12(17)10(4-2)8-11/h6-9H,3-5H2,1-2H3. The Hall–Kier alpha value is -1.13. The van der Waals surface area contributed by atoms with Crippen LogP contribution in [0.2, 0.25) is 5.02 Å². The molecule has 0 saturated heterocycles. The molecule has 2 rings (SSSR count). The van der Waals surface area contributed by atoms with Gasteiger partial charge in [-0.15, -0.1) is 0 Å². The van der Waals surface area contributed by atoms with Crippen LogP contribution in [0, 0.1) is 0 Å². The van der Waals surface area contributed by atoms with E-state index >= 15 is 0 Å². The molecule has 0 N–H and O–H groups in total. The van der Waals surface area contributed by atoms with Crippen LogP contribution < -0.4 is 4.74 Å². The highest BCUT2D eigenvalue weighted by Gasteiger charge is 2.06. The van der Waals surface area contributed by atoms with Gasteiger partial charge in [0, 0.05) is 17.5 Å². The van der Waals surface area contributed by atoms with E-state index in [1.54, 1.807) is 6.07 Å². The van der Waals surface area contributed by atoms with Gasteiger partial charge in [-0.05, 0) is 52.5 Å². The maximum absolute atomic E-state index is 6.10. The summed E-state index contributed by atoms with van der Waals surface area (Å²) in [6.45, 7) is 4.16. The van der Waals surface area contributed by atoms with Crippen molar-refractivity contribution in [1.29, 1.82) is 0 Å². The second-order valence-electron chi connectivity index (χ2n) is 4.40. The van der Waals surface area contributed by atoms with E-state index in [4.69, 9.17) is 16.3 Å². The predicted molar refractivity (Wildman–Crippen MR) is 84.6 cm³/mol. The summed E-state index contributed by atoms with van der Waals surface area (Å²) in [6.07, 6.45) is 2.69. The smallest absolute Gasteiger partial charge is 0.223 e. The lowest BCUT2D eigenvalue weighted by Crippen LogP contribution is -1.98. The molecule has 0 bridgehead atoms. The van der Waals surface area contributed by atoms with E-state index in [0.717, 1.165) is 46.0 Å². The summed E-state index contributed by atoms with van der Waals surface area (Å²) < 4.78 is 6.54. The van der Waals surface area contributed by atoms with E-state index in [2.05, 4.69) is 39.7 Å². The molecule has 0 aliphatic heterocycles. The second kappa shape index (κ2) is 7.04. The van der Waals surface area contributed by atoms with Gasteiger partial charge in [0.05, 0.1) is 0 Å². The Morgan fingerprint density at radius 3 is 2.70 bits per heavy atom. The van der Waals surface area contributed by atoms with Gasteiger partial charge in [-0.25, -0.2) is 4.98 Å². The van der Waals surface area contributed by atoms with Crippen LogP contribution in [-0.2, 0) is 12.8 Å². The van der Waals surface area contributed by atoms with Gasteiger partial charge in [0.2, 0.25) is 5.88 Å². The molecule has 5 heteroatoms. The summed E-state index contributed by atoms with van der Waals surface area (Å²) in [5, 5.41) is 0.760. The number of hydrogen-bond donors (Lipinski definition) is 0. The first kappa shape index (κ1) is 15.3. The minimum absolute atomic E-state index is 0.541. The van der Waals surface area contributed by atoms with E-state index in [9.17, 15) is 0 Å². The fraction of sp³-hybridized carbons (Fsp3) is 0.333. The third-order valence-electron chi connectivity index (χ3n) is 2.81. The van der Waals surface area contributed by atoms with Crippen LogP contribution >= 0.6 is 27.5 Å². The molecule has 0 saturated carbocycles. The van der Waals surface area contributed by atoms with E-state index in [-0.39, 0.29) is 0 Å². The number of aromatic nitrogens is 2. The number of halogens is 2. The third-order valence-corrected chi connectivity index (χ3v) is 3.59. The van der Waals surface area contributed by atoms with Crippen molar-refractivity contribution >= 4 is 27.5 Å². The lowest BCUT2D eigenvalue weighted by molar-refractivity contribution is 0.457. The highest BCUT2D eigenvalue weighted by molar-refractivity contribution is 9.10. The summed E-state index contributed by atoms with van der Waals surface area (Å²) >= 11 is 9.49. The summed E-state index contributed by atoms with van der Waals surface area (Å²) in [7, 11) is 0. The van der Waals surface area contributed by atoms with Crippen molar-refractivity contribution in [3.63, 3.8) is 0 Å². The van der Waals surface area contributed by atoms with Crippen LogP contribution in [-0.4, -0.2) is 9.97 Å². The zero-order chi connectivity index (χ0) is 14.5. The number of benzene rings is 1. The number of hydrogen-bond acceptors (Lipinski definition) is 3. The molecule has 1 aromatic heterocycles. The minimum Gasteiger partial charge on any atom is -0.439 e. The van der Waals surface area contributed by atoms with Gasteiger partial charge in [0.15, 0.2) is 0 Å². The van der Waals surface area contributed by atoms with Crippen molar-refractivity contribution in [3.8, 4) is 11.6 Å². The largest absolute Gasteiger partial charge is 0.439 e. The van der Waals surface area contributed by atoms with Gasteiger partial charge in [-0.2, -0.15) is 4.98 Å². The molecule has 1 heterocycles. The Balaban J connectivity index is 2.25. The monoisotopic (exact) mass is 354 g/mol. The van der Waals surface area contributed by atoms with E-state index in [0.29, 0.717) is 5.88 Å². The van der Waals surface area contributed by atoms with E-state index in [1.165, 1.54) is 0 Å². The van der Waals surface area contributed by atoms with Gasteiger partial charge in [0.1, 0.15) is 16.2 Å². The molecule has 0 spiro atoms. The Labute approximate surface area is 132 Å². The Morgan fingerprint density at radius 2 is 2.00 bits per heavy atom. The number of rotatable bonds is 5. The summed E-state index contributed by atoms with van der Waals surface area (Å²) in [4.78, 5) is 8.72. The lowest BCUT2D eigenvalue weighted by Gasteiger charge is -2.09. The minimum atomic E-state index is 0.541. The zero-order valence-electron chi connectivity index (χ0n) is 11.5. The highest BCUT2D eigenvalue weighted by atomic mass is 79.9. The second-order valence-corrected chi connectivity index (χ2v) is 5.62. The molecule has 2 aromatic rings.